The van der Waals surface area contributed by atoms with Gasteiger partial charge in [0.1, 0.15) is 5.75 Å². The van der Waals surface area contributed by atoms with E-state index in [2.05, 4.69) is 10.6 Å². The molecule has 3 rings (SSSR count). The summed E-state index contributed by atoms with van der Waals surface area (Å²) in [5, 5.41) is 6.23. The smallest absolute Gasteiger partial charge is 0.228 e. The van der Waals surface area contributed by atoms with Crippen molar-refractivity contribution in [3.8, 4) is 16.9 Å². The molecule has 2 aromatic rings. The minimum Gasteiger partial charge on any atom is -0.496 e. The highest BCUT2D eigenvalue weighted by atomic mass is 35.5. The zero-order valence-corrected chi connectivity index (χ0v) is 13.9. The van der Waals surface area contributed by atoms with Gasteiger partial charge < -0.3 is 15.4 Å². The molecule has 0 bridgehead atoms. The second kappa shape index (κ2) is 7.99. The lowest BCUT2D eigenvalue weighted by Gasteiger charge is -2.12. The first-order chi connectivity index (χ1) is 10.8. The number of amides is 1. The van der Waals surface area contributed by atoms with Crippen molar-refractivity contribution in [2.75, 3.05) is 25.5 Å². The summed E-state index contributed by atoms with van der Waals surface area (Å²) in [7, 11) is 1.66. The fraction of sp³-hybridized carbons (Fsp3) is 0.278. The van der Waals surface area contributed by atoms with Crippen molar-refractivity contribution in [3.63, 3.8) is 0 Å². The van der Waals surface area contributed by atoms with Gasteiger partial charge in [0.2, 0.25) is 5.91 Å². The Morgan fingerprint density at radius 1 is 1.22 bits per heavy atom. The maximum Gasteiger partial charge on any atom is 0.228 e. The highest BCUT2D eigenvalue weighted by Gasteiger charge is 2.22. The van der Waals surface area contributed by atoms with Gasteiger partial charge in [0.05, 0.1) is 13.0 Å². The van der Waals surface area contributed by atoms with Gasteiger partial charge in [-0.3, -0.25) is 4.79 Å². The first kappa shape index (κ1) is 17.3. The van der Waals surface area contributed by atoms with Gasteiger partial charge in [0.15, 0.2) is 0 Å². The topological polar surface area (TPSA) is 50.4 Å². The first-order valence-electron chi connectivity index (χ1n) is 7.53. The Hall–Kier alpha value is -2.04. The number of halogens is 1. The van der Waals surface area contributed by atoms with Crippen molar-refractivity contribution >= 4 is 24.0 Å². The quantitative estimate of drug-likeness (QED) is 0.903. The summed E-state index contributed by atoms with van der Waals surface area (Å²) in [5.41, 5.74) is 2.86. The molecule has 2 N–H and O–H groups in total. The highest BCUT2D eigenvalue weighted by Crippen LogP contribution is 2.31. The van der Waals surface area contributed by atoms with Crippen LogP contribution in [0.5, 0.6) is 5.75 Å². The van der Waals surface area contributed by atoms with Crippen molar-refractivity contribution < 1.29 is 9.53 Å². The van der Waals surface area contributed by atoms with Gasteiger partial charge in [-0.05, 0) is 36.7 Å². The maximum absolute atomic E-state index is 12.2. The predicted molar refractivity (Wildman–Crippen MR) is 95.3 cm³/mol. The van der Waals surface area contributed by atoms with E-state index in [0.717, 1.165) is 42.1 Å². The van der Waals surface area contributed by atoms with E-state index in [1.54, 1.807) is 7.11 Å². The molecule has 1 amide bonds. The fourth-order valence-electron chi connectivity index (χ4n) is 2.77. The van der Waals surface area contributed by atoms with E-state index >= 15 is 0 Å². The molecule has 1 heterocycles. The molecule has 122 valence electrons. The summed E-state index contributed by atoms with van der Waals surface area (Å²) in [6.45, 7) is 1.68. The molecule has 5 heteroatoms. The van der Waals surface area contributed by atoms with E-state index in [-0.39, 0.29) is 24.2 Å². The molecular weight excluding hydrogens is 312 g/mol. The van der Waals surface area contributed by atoms with E-state index in [9.17, 15) is 4.79 Å². The van der Waals surface area contributed by atoms with E-state index in [1.165, 1.54) is 0 Å². The van der Waals surface area contributed by atoms with Crippen molar-refractivity contribution in [2.45, 2.75) is 6.42 Å². The molecule has 2 aromatic carbocycles. The van der Waals surface area contributed by atoms with Crippen LogP contribution < -0.4 is 15.4 Å². The summed E-state index contributed by atoms with van der Waals surface area (Å²) in [5.74, 6) is 0.975. The van der Waals surface area contributed by atoms with Crippen LogP contribution >= 0.6 is 12.4 Å². The minimum absolute atomic E-state index is 0. The molecule has 0 spiro atoms. The van der Waals surface area contributed by atoms with Gasteiger partial charge in [-0.1, -0.05) is 30.3 Å². The predicted octanol–water partition coefficient (Wildman–Crippen LogP) is 3.33. The molecule has 1 atom stereocenters. The Balaban J connectivity index is 0.00000192. The summed E-state index contributed by atoms with van der Waals surface area (Å²) < 4.78 is 5.41. The summed E-state index contributed by atoms with van der Waals surface area (Å²) in [6, 6.07) is 15.7. The number of nitrogens with one attached hydrogen (secondary N) is 2. The molecule has 0 saturated carbocycles. The van der Waals surface area contributed by atoms with Crippen LogP contribution in [0, 0.1) is 5.92 Å². The van der Waals surface area contributed by atoms with Crippen LogP contribution in [0.2, 0.25) is 0 Å². The number of para-hydroxylation sites is 1. The number of hydrogen-bond donors (Lipinski definition) is 2. The van der Waals surface area contributed by atoms with Gasteiger partial charge in [-0.25, -0.2) is 0 Å². The number of anilines is 1. The zero-order valence-electron chi connectivity index (χ0n) is 13.0. The SMILES string of the molecule is COc1ccccc1-c1cccc(NC(=O)C2CCNC2)c1.Cl. The van der Waals surface area contributed by atoms with Crippen molar-refractivity contribution in [3.05, 3.63) is 48.5 Å². The number of rotatable bonds is 4. The average Bonchev–Trinajstić information content (AvgIpc) is 3.10. The molecule has 0 radical (unpaired) electrons. The molecule has 0 aromatic heterocycles. The monoisotopic (exact) mass is 332 g/mol. The fourth-order valence-corrected chi connectivity index (χ4v) is 2.77. The Bertz CT molecular complexity index is 670. The second-order valence-electron chi connectivity index (χ2n) is 5.46. The minimum atomic E-state index is 0. The molecule has 1 saturated heterocycles. The lowest BCUT2D eigenvalue weighted by atomic mass is 10.0. The molecule has 1 unspecified atom stereocenters. The number of hydrogen-bond acceptors (Lipinski definition) is 3. The van der Waals surface area contributed by atoms with Gasteiger partial charge in [-0.2, -0.15) is 0 Å². The molecule has 4 nitrogen and oxygen atoms in total. The second-order valence-corrected chi connectivity index (χ2v) is 5.46. The average molecular weight is 333 g/mol. The van der Waals surface area contributed by atoms with E-state index in [4.69, 9.17) is 4.74 Å². The van der Waals surface area contributed by atoms with Crippen LogP contribution in [0.1, 0.15) is 6.42 Å². The Labute approximate surface area is 142 Å². The van der Waals surface area contributed by atoms with Gasteiger partial charge in [0, 0.05) is 17.8 Å². The van der Waals surface area contributed by atoms with Crippen LogP contribution in [0.15, 0.2) is 48.5 Å². The van der Waals surface area contributed by atoms with Crippen molar-refractivity contribution in [2.24, 2.45) is 5.92 Å². The third-order valence-electron chi connectivity index (χ3n) is 3.98. The summed E-state index contributed by atoms with van der Waals surface area (Å²) in [4.78, 5) is 12.2. The third-order valence-corrected chi connectivity index (χ3v) is 3.98. The molecule has 1 fully saturated rings. The standard InChI is InChI=1S/C18H20N2O2.ClH/c1-22-17-8-3-2-7-16(17)13-5-4-6-15(11-13)20-18(21)14-9-10-19-12-14;/h2-8,11,14,19H,9-10,12H2,1H3,(H,20,21);1H. The Morgan fingerprint density at radius 3 is 2.78 bits per heavy atom. The first-order valence-corrected chi connectivity index (χ1v) is 7.53. The van der Waals surface area contributed by atoms with Gasteiger partial charge >= 0.3 is 0 Å². The molecule has 1 aliphatic rings. The largest absolute Gasteiger partial charge is 0.496 e. The van der Waals surface area contributed by atoms with E-state index in [0.29, 0.717) is 0 Å². The lowest BCUT2D eigenvalue weighted by molar-refractivity contribution is -0.119. The van der Waals surface area contributed by atoms with Crippen LogP contribution in [0.3, 0.4) is 0 Å². The number of ether oxygens (including phenoxy) is 1. The molecule has 23 heavy (non-hydrogen) atoms. The third kappa shape index (κ3) is 4.03. The highest BCUT2D eigenvalue weighted by molar-refractivity contribution is 5.93. The van der Waals surface area contributed by atoms with Crippen molar-refractivity contribution in [1.29, 1.82) is 0 Å². The molecule has 0 aliphatic carbocycles. The normalized spacial score (nSPS) is 16.5. The van der Waals surface area contributed by atoms with Gasteiger partial charge in [-0.15, -0.1) is 12.4 Å². The van der Waals surface area contributed by atoms with Crippen LogP contribution in [0.4, 0.5) is 5.69 Å². The lowest BCUT2D eigenvalue weighted by Crippen LogP contribution is -2.24. The molecule has 1 aliphatic heterocycles. The number of methoxy groups -OCH3 is 1. The van der Waals surface area contributed by atoms with E-state index in [1.807, 2.05) is 48.5 Å². The molecular formula is C18H21ClN2O2. The van der Waals surface area contributed by atoms with Gasteiger partial charge in [0.25, 0.3) is 0 Å². The number of carbonyl (C=O) groups is 1. The summed E-state index contributed by atoms with van der Waals surface area (Å²) >= 11 is 0. The van der Waals surface area contributed by atoms with Crippen LogP contribution in [0.25, 0.3) is 11.1 Å². The Kier molecular flexibility index (Phi) is 6.02. The van der Waals surface area contributed by atoms with Crippen LogP contribution in [-0.2, 0) is 4.79 Å². The van der Waals surface area contributed by atoms with Crippen LogP contribution in [-0.4, -0.2) is 26.1 Å². The number of carbonyl (C=O) groups excluding carboxylic acids is 1. The van der Waals surface area contributed by atoms with E-state index < -0.39 is 0 Å². The van der Waals surface area contributed by atoms with Crippen molar-refractivity contribution in [1.82, 2.24) is 5.32 Å². The Morgan fingerprint density at radius 2 is 2.04 bits per heavy atom. The zero-order chi connectivity index (χ0) is 15.4. The summed E-state index contributed by atoms with van der Waals surface area (Å²) in [6.07, 6.45) is 0.901. The number of benzene rings is 2. The maximum atomic E-state index is 12.2.